The Labute approximate surface area is 93.4 Å². The van der Waals surface area contributed by atoms with E-state index < -0.39 is 0 Å². The predicted octanol–water partition coefficient (Wildman–Crippen LogP) is 1.72. The van der Waals surface area contributed by atoms with Crippen LogP contribution < -0.4 is 5.32 Å². The van der Waals surface area contributed by atoms with Crippen LogP contribution in [0.2, 0.25) is 0 Å². The van der Waals surface area contributed by atoms with Crippen molar-refractivity contribution in [2.24, 2.45) is 17.8 Å². The van der Waals surface area contributed by atoms with Gasteiger partial charge in [0.2, 0.25) is 0 Å². The molecule has 0 bridgehead atoms. The molecule has 2 aliphatic heterocycles. The van der Waals surface area contributed by atoms with E-state index in [1.54, 1.807) is 0 Å². The molecule has 86 valence electrons. The van der Waals surface area contributed by atoms with Crippen LogP contribution in [0.4, 0.5) is 0 Å². The standard InChI is InChI=1S/C13H24N2/c1-13(2)12-7-14-6-11(12)9-15(13)8-10-4-3-5-10/h10-12,14H,3-9H2,1-2H3. The molecule has 3 rings (SSSR count). The molecule has 3 fully saturated rings. The largest absolute Gasteiger partial charge is 0.316 e. The first kappa shape index (κ1) is 10.1. The van der Waals surface area contributed by atoms with Crippen LogP contribution >= 0.6 is 0 Å². The van der Waals surface area contributed by atoms with Gasteiger partial charge in [0, 0.05) is 25.2 Å². The van der Waals surface area contributed by atoms with Crippen LogP contribution in [0.3, 0.4) is 0 Å². The number of hydrogen-bond acceptors (Lipinski definition) is 2. The van der Waals surface area contributed by atoms with Crippen molar-refractivity contribution in [3.63, 3.8) is 0 Å². The van der Waals surface area contributed by atoms with Crippen LogP contribution in [0, 0.1) is 17.8 Å². The number of fused-ring (bicyclic) bond motifs is 1. The third kappa shape index (κ3) is 1.53. The van der Waals surface area contributed by atoms with Crippen LogP contribution in [0.1, 0.15) is 33.1 Å². The minimum absolute atomic E-state index is 0.448. The lowest BCUT2D eigenvalue weighted by Crippen LogP contribution is -2.47. The zero-order chi connectivity index (χ0) is 10.5. The van der Waals surface area contributed by atoms with E-state index in [0.29, 0.717) is 5.54 Å². The molecule has 0 radical (unpaired) electrons. The molecule has 1 aliphatic carbocycles. The molecule has 1 N–H and O–H groups in total. The van der Waals surface area contributed by atoms with Crippen molar-refractivity contribution in [3.05, 3.63) is 0 Å². The van der Waals surface area contributed by atoms with Gasteiger partial charge in [0.15, 0.2) is 0 Å². The summed E-state index contributed by atoms with van der Waals surface area (Å²) in [6.07, 6.45) is 4.45. The first-order valence-corrected chi connectivity index (χ1v) is 6.63. The van der Waals surface area contributed by atoms with Crippen molar-refractivity contribution in [2.45, 2.75) is 38.6 Å². The highest BCUT2D eigenvalue weighted by atomic mass is 15.2. The molecule has 1 saturated carbocycles. The van der Waals surface area contributed by atoms with Gasteiger partial charge in [-0.15, -0.1) is 0 Å². The van der Waals surface area contributed by atoms with E-state index in [9.17, 15) is 0 Å². The van der Waals surface area contributed by atoms with Crippen molar-refractivity contribution in [1.82, 2.24) is 10.2 Å². The van der Waals surface area contributed by atoms with Crippen LogP contribution in [0.25, 0.3) is 0 Å². The molecule has 0 aromatic rings. The molecular weight excluding hydrogens is 184 g/mol. The average molecular weight is 208 g/mol. The topological polar surface area (TPSA) is 15.3 Å². The summed E-state index contributed by atoms with van der Waals surface area (Å²) in [6, 6.07) is 0. The van der Waals surface area contributed by atoms with Crippen molar-refractivity contribution in [3.8, 4) is 0 Å². The second-order valence-corrected chi connectivity index (χ2v) is 6.38. The molecule has 0 amide bonds. The monoisotopic (exact) mass is 208 g/mol. The van der Waals surface area contributed by atoms with E-state index in [4.69, 9.17) is 0 Å². The smallest absolute Gasteiger partial charge is 0.0197 e. The van der Waals surface area contributed by atoms with E-state index in [1.807, 2.05) is 0 Å². The maximum atomic E-state index is 3.56. The quantitative estimate of drug-likeness (QED) is 0.743. The van der Waals surface area contributed by atoms with Gasteiger partial charge in [-0.3, -0.25) is 4.90 Å². The van der Waals surface area contributed by atoms with Crippen LogP contribution in [0.15, 0.2) is 0 Å². The summed E-state index contributed by atoms with van der Waals surface area (Å²) in [4.78, 5) is 2.78. The normalized spacial score (nSPS) is 40.4. The van der Waals surface area contributed by atoms with Crippen LogP contribution in [-0.2, 0) is 0 Å². The van der Waals surface area contributed by atoms with Crippen molar-refractivity contribution < 1.29 is 0 Å². The zero-order valence-corrected chi connectivity index (χ0v) is 10.1. The minimum Gasteiger partial charge on any atom is -0.316 e. The SMILES string of the molecule is CC1(C)C2CNCC2CN1CC1CCC1. The maximum Gasteiger partial charge on any atom is 0.0197 e. The fraction of sp³-hybridized carbons (Fsp3) is 1.00. The fourth-order valence-electron chi connectivity index (χ4n) is 3.80. The Balaban J connectivity index is 1.68. The fourth-order valence-corrected chi connectivity index (χ4v) is 3.80. The Morgan fingerprint density at radius 1 is 1.27 bits per heavy atom. The van der Waals surface area contributed by atoms with Gasteiger partial charge in [0.25, 0.3) is 0 Å². The molecule has 3 aliphatic rings. The molecule has 2 nitrogen and oxygen atoms in total. The number of rotatable bonds is 2. The van der Waals surface area contributed by atoms with Crippen molar-refractivity contribution >= 4 is 0 Å². The summed E-state index contributed by atoms with van der Waals surface area (Å²) in [7, 11) is 0. The first-order valence-electron chi connectivity index (χ1n) is 6.63. The summed E-state index contributed by atoms with van der Waals surface area (Å²) in [5, 5.41) is 3.56. The Kier molecular flexibility index (Phi) is 2.33. The Morgan fingerprint density at radius 3 is 2.67 bits per heavy atom. The zero-order valence-electron chi connectivity index (χ0n) is 10.1. The van der Waals surface area contributed by atoms with Crippen LogP contribution in [-0.4, -0.2) is 36.6 Å². The van der Waals surface area contributed by atoms with Crippen molar-refractivity contribution in [2.75, 3.05) is 26.2 Å². The second kappa shape index (κ2) is 3.46. The molecule has 0 aromatic carbocycles. The number of nitrogens with zero attached hydrogens (tertiary/aromatic N) is 1. The van der Waals surface area contributed by atoms with E-state index >= 15 is 0 Å². The molecule has 2 heteroatoms. The first-order chi connectivity index (χ1) is 7.18. The number of nitrogens with one attached hydrogen (secondary N) is 1. The molecule has 15 heavy (non-hydrogen) atoms. The van der Waals surface area contributed by atoms with Gasteiger partial charge < -0.3 is 5.32 Å². The van der Waals surface area contributed by atoms with Gasteiger partial charge in [0.1, 0.15) is 0 Å². The third-order valence-corrected chi connectivity index (χ3v) is 5.22. The van der Waals surface area contributed by atoms with Gasteiger partial charge in [-0.1, -0.05) is 6.42 Å². The minimum atomic E-state index is 0.448. The Bertz CT molecular complexity index is 243. The van der Waals surface area contributed by atoms with E-state index in [2.05, 4.69) is 24.1 Å². The third-order valence-electron chi connectivity index (χ3n) is 5.22. The summed E-state index contributed by atoms with van der Waals surface area (Å²) in [5.74, 6) is 2.86. The molecule has 0 aromatic heterocycles. The number of likely N-dealkylation sites (tertiary alicyclic amines) is 1. The summed E-state index contributed by atoms with van der Waals surface area (Å²) < 4.78 is 0. The lowest BCUT2D eigenvalue weighted by atomic mass is 9.82. The summed E-state index contributed by atoms with van der Waals surface area (Å²) in [6.45, 7) is 10.2. The van der Waals surface area contributed by atoms with Crippen LogP contribution in [0.5, 0.6) is 0 Å². The average Bonchev–Trinajstić information content (AvgIpc) is 2.63. The highest BCUT2D eigenvalue weighted by Gasteiger charge is 2.49. The van der Waals surface area contributed by atoms with Gasteiger partial charge in [-0.25, -0.2) is 0 Å². The van der Waals surface area contributed by atoms with E-state index in [1.165, 1.54) is 45.4 Å². The maximum absolute atomic E-state index is 3.56. The Hall–Kier alpha value is -0.0800. The summed E-state index contributed by atoms with van der Waals surface area (Å²) in [5.41, 5.74) is 0.448. The molecule has 2 atom stereocenters. The van der Waals surface area contributed by atoms with Crippen molar-refractivity contribution in [1.29, 1.82) is 0 Å². The summed E-state index contributed by atoms with van der Waals surface area (Å²) >= 11 is 0. The van der Waals surface area contributed by atoms with Gasteiger partial charge >= 0.3 is 0 Å². The molecule has 2 saturated heterocycles. The van der Waals surface area contributed by atoms with E-state index in [0.717, 1.165) is 17.8 Å². The lowest BCUT2D eigenvalue weighted by Gasteiger charge is -2.40. The number of hydrogen-bond donors (Lipinski definition) is 1. The van der Waals surface area contributed by atoms with Gasteiger partial charge in [-0.2, -0.15) is 0 Å². The van der Waals surface area contributed by atoms with E-state index in [-0.39, 0.29) is 0 Å². The molecular formula is C13H24N2. The Morgan fingerprint density at radius 2 is 2.07 bits per heavy atom. The lowest BCUT2D eigenvalue weighted by molar-refractivity contribution is 0.0956. The molecule has 0 spiro atoms. The predicted molar refractivity (Wildman–Crippen MR) is 62.8 cm³/mol. The highest BCUT2D eigenvalue weighted by molar-refractivity contribution is 5.04. The highest BCUT2D eigenvalue weighted by Crippen LogP contribution is 2.42. The van der Waals surface area contributed by atoms with Gasteiger partial charge in [0.05, 0.1) is 0 Å². The molecule has 2 unspecified atom stereocenters. The molecule has 2 heterocycles. The second-order valence-electron chi connectivity index (χ2n) is 6.38. The van der Waals surface area contributed by atoms with Gasteiger partial charge in [-0.05, 0) is 51.0 Å².